The Morgan fingerprint density at radius 1 is 0.870 bits per heavy atom. The van der Waals surface area contributed by atoms with Crippen LogP contribution in [0.15, 0.2) is 60.7 Å². The zero-order valence-electron chi connectivity index (χ0n) is 12.3. The normalized spacial score (nSPS) is 9.91. The van der Waals surface area contributed by atoms with Gasteiger partial charge in [0, 0.05) is 6.42 Å². The van der Waals surface area contributed by atoms with Crippen molar-refractivity contribution in [1.82, 2.24) is 0 Å². The van der Waals surface area contributed by atoms with Crippen LogP contribution in [0.25, 0.3) is 0 Å². The average molecular weight is 309 g/mol. The van der Waals surface area contributed by atoms with E-state index in [0.29, 0.717) is 11.5 Å². The Labute approximate surface area is 134 Å². The number of nitriles is 1. The highest BCUT2D eigenvalue weighted by Gasteiger charge is 2.30. The number of rotatable bonds is 6. The van der Waals surface area contributed by atoms with Crippen molar-refractivity contribution in [2.75, 3.05) is 0 Å². The summed E-state index contributed by atoms with van der Waals surface area (Å²) in [5.74, 6) is -1.92. The lowest BCUT2D eigenvalue weighted by molar-refractivity contribution is -0.151. The predicted molar refractivity (Wildman–Crippen MR) is 82.5 cm³/mol. The molecule has 0 aliphatic heterocycles. The number of benzene rings is 2. The second-order valence-corrected chi connectivity index (χ2v) is 4.72. The summed E-state index contributed by atoms with van der Waals surface area (Å²) in [6, 6.07) is 18.8. The Morgan fingerprint density at radius 2 is 1.30 bits per heavy atom. The van der Waals surface area contributed by atoms with Gasteiger partial charge in [0.15, 0.2) is 5.92 Å². The summed E-state index contributed by atoms with van der Waals surface area (Å²) < 4.78 is 10.4. The van der Waals surface area contributed by atoms with Gasteiger partial charge in [0.1, 0.15) is 11.5 Å². The topological polar surface area (TPSA) is 76.4 Å². The number of esters is 2. The van der Waals surface area contributed by atoms with E-state index < -0.39 is 17.9 Å². The van der Waals surface area contributed by atoms with Crippen molar-refractivity contribution >= 4 is 11.9 Å². The summed E-state index contributed by atoms with van der Waals surface area (Å²) >= 11 is 0. The third-order valence-electron chi connectivity index (χ3n) is 3.04. The second kappa shape index (κ2) is 8.35. The summed E-state index contributed by atoms with van der Waals surface area (Å²) in [6.45, 7) is 0. The van der Waals surface area contributed by atoms with Gasteiger partial charge in [-0.25, -0.2) is 0 Å². The van der Waals surface area contributed by atoms with Crippen molar-refractivity contribution in [3.8, 4) is 17.6 Å². The number of carbonyl (C=O) groups is 2. The summed E-state index contributed by atoms with van der Waals surface area (Å²) in [4.78, 5) is 24.4. The first-order valence-corrected chi connectivity index (χ1v) is 7.11. The zero-order valence-corrected chi connectivity index (χ0v) is 12.3. The Hall–Kier alpha value is -3.13. The van der Waals surface area contributed by atoms with Crippen LogP contribution in [-0.4, -0.2) is 11.9 Å². The van der Waals surface area contributed by atoms with E-state index in [-0.39, 0.29) is 12.8 Å². The molecule has 0 heterocycles. The molecule has 0 spiro atoms. The molecule has 0 aliphatic rings. The molecule has 5 heteroatoms. The molecule has 2 aromatic carbocycles. The molecule has 0 aliphatic carbocycles. The number of para-hydroxylation sites is 2. The van der Waals surface area contributed by atoms with Crippen molar-refractivity contribution in [3.05, 3.63) is 60.7 Å². The fourth-order valence-corrected chi connectivity index (χ4v) is 1.89. The molecular weight excluding hydrogens is 294 g/mol. The molecule has 0 saturated carbocycles. The van der Waals surface area contributed by atoms with Crippen molar-refractivity contribution in [3.63, 3.8) is 0 Å². The van der Waals surface area contributed by atoms with Gasteiger partial charge in [-0.1, -0.05) is 36.4 Å². The van der Waals surface area contributed by atoms with Gasteiger partial charge in [-0.3, -0.25) is 9.59 Å². The van der Waals surface area contributed by atoms with Gasteiger partial charge < -0.3 is 9.47 Å². The molecule has 5 nitrogen and oxygen atoms in total. The molecule has 0 atom stereocenters. The van der Waals surface area contributed by atoms with Crippen molar-refractivity contribution in [2.24, 2.45) is 5.92 Å². The minimum Gasteiger partial charge on any atom is -0.426 e. The van der Waals surface area contributed by atoms with Crippen LogP contribution in [0, 0.1) is 17.2 Å². The Kier molecular flexibility index (Phi) is 5.89. The van der Waals surface area contributed by atoms with E-state index in [9.17, 15) is 9.59 Å². The van der Waals surface area contributed by atoms with Crippen LogP contribution >= 0.6 is 0 Å². The number of hydrogen-bond donors (Lipinski definition) is 0. The van der Waals surface area contributed by atoms with E-state index in [0.717, 1.165) is 0 Å². The van der Waals surface area contributed by atoms with Gasteiger partial charge >= 0.3 is 11.9 Å². The van der Waals surface area contributed by atoms with Crippen molar-refractivity contribution in [2.45, 2.75) is 12.8 Å². The summed E-state index contributed by atoms with van der Waals surface area (Å²) in [5.41, 5.74) is 0. The molecule has 0 N–H and O–H groups in total. The van der Waals surface area contributed by atoms with Gasteiger partial charge in [0.05, 0.1) is 6.07 Å². The molecule has 2 rings (SSSR count). The summed E-state index contributed by atoms with van der Waals surface area (Å²) in [5, 5.41) is 8.70. The highest BCUT2D eigenvalue weighted by molar-refractivity contribution is 5.96. The van der Waals surface area contributed by atoms with E-state index in [1.165, 1.54) is 0 Å². The zero-order chi connectivity index (χ0) is 16.5. The Morgan fingerprint density at radius 3 is 1.70 bits per heavy atom. The van der Waals surface area contributed by atoms with E-state index >= 15 is 0 Å². The Bertz CT molecular complexity index is 638. The van der Waals surface area contributed by atoms with Gasteiger partial charge in [0.2, 0.25) is 0 Å². The summed E-state index contributed by atoms with van der Waals surface area (Å²) in [6.07, 6.45) is 0.103. The molecule has 23 heavy (non-hydrogen) atoms. The minimum absolute atomic E-state index is 0.0494. The maximum Gasteiger partial charge on any atom is 0.325 e. The fraction of sp³-hybridized carbons (Fsp3) is 0.167. The number of ether oxygens (including phenoxy) is 2. The van der Waals surface area contributed by atoms with Gasteiger partial charge in [-0.2, -0.15) is 5.26 Å². The lowest BCUT2D eigenvalue weighted by atomic mass is 10.0. The molecule has 0 radical (unpaired) electrons. The average Bonchev–Trinajstić information content (AvgIpc) is 2.57. The largest absolute Gasteiger partial charge is 0.426 e. The molecule has 0 aromatic heterocycles. The van der Waals surface area contributed by atoms with Gasteiger partial charge in [-0.15, -0.1) is 0 Å². The van der Waals surface area contributed by atoms with E-state index in [2.05, 4.69) is 0 Å². The first kappa shape index (κ1) is 16.2. The van der Waals surface area contributed by atoms with E-state index in [4.69, 9.17) is 14.7 Å². The smallest absolute Gasteiger partial charge is 0.325 e. The van der Waals surface area contributed by atoms with Crippen LogP contribution in [0.1, 0.15) is 12.8 Å². The van der Waals surface area contributed by atoms with Gasteiger partial charge in [0.25, 0.3) is 0 Å². The number of carbonyl (C=O) groups excluding carboxylic acids is 2. The lowest BCUT2D eigenvalue weighted by Gasteiger charge is -2.14. The minimum atomic E-state index is -1.14. The van der Waals surface area contributed by atoms with Crippen LogP contribution < -0.4 is 9.47 Å². The van der Waals surface area contributed by atoms with E-state index in [1.54, 1.807) is 60.7 Å². The molecule has 0 fully saturated rings. The monoisotopic (exact) mass is 309 g/mol. The van der Waals surface area contributed by atoms with Crippen LogP contribution in [-0.2, 0) is 9.59 Å². The van der Waals surface area contributed by atoms with Gasteiger partial charge in [-0.05, 0) is 30.7 Å². The standard InChI is InChI=1S/C18H15NO4/c19-13-7-12-16(17(20)22-14-8-3-1-4-9-14)18(21)23-15-10-5-2-6-11-15/h1-6,8-11,16H,7,12H2. The molecule has 2 aromatic rings. The highest BCUT2D eigenvalue weighted by Crippen LogP contribution is 2.18. The quantitative estimate of drug-likeness (QED) is 0.465. The summed E-state index contributed by atoms with van der Waals surface area (Å²) in [7, 11) is 0. The number of hydrogen-bond acceptors (Lipinski definition) is 5. The molecular formula is C18H15NO4. The first-order chi connectivity index (χ1) is 11.2. The van der Waals surface area contributed by atoms with Crippen molar-refractivity contribution in [1.29, 1.82) is 5.26 Å². The van der Waals surface area contributed by atoms with Crippen LogP contribution in [0.3, 0.4) is 0 Å². The molecule has 0 amide bonds. The molecule has 0 unspecified atom stereocenters. The molecule has 116 valence electrons. The highest BCUT2D eigenvalue weighted by atomic mass is 16.6. The van der Waals surface area contributed by atoms with Crippen molar-refractivity contribution < 1.29 is 19.1 Å². The number of nitrogens with zero attached hydrogens (tertiary/aromatic N) is 1. The fourth-order valence-electron chi connectivity index (χ4n) is 1.89. The van der Waals surface area contributed by atoms with Crippen LogP contribution in [0.2, 0.25) is 0 Å². The maximum absolute atomic E-state index is 12.2. The third kappa shape index (κ3) is 4.97. The SMILES string of the molecule is N#CCCC(C(=O)Oc1ccccc1)C(=O)Oc1ccccc1. The molecule has 0 saturated heterocycles. The third-order valence-corrected chi connectivity index (χ3v) is 3.04. The first-order valence-electron chi connectivity index (χ1n) is 7.11. The maximum atomic E-state index is 12.2. The predicted octanol–water partition coefficient (Wildman–Crippen LogP) is 3.12. The molecule has 0 bridgehead atoms. The van der Waals surface area contributed by atoms with Crippen LogP contribution in [0.5, 0.6) is 11.5 Å². The Balaban J connectivity index is 2.07. The second-order valence-electron chi connectivity index (χ2n) is 4.72. The lowest BCUT2D eigenvalue weighted by Crippen LogP contribution is -2.31. The van der Waals surface area contributed by atoms with Crippen LogP contribution in [0.4, 0.5) is 0 Å². The van der Waals surface area contributed by atoms with E-state index in [1.807, 2.05) is 6.07 Å².